The quantitative estimate of drug-likeness (QED) is 0.491. The first-order chi connectivity index (χ1) is 14.9. The van der Waals surface area contributed by atoms with Crippen molar-refractivity contribution in [1.29, 1.82) is 0 Å². The van der Waals surface area contributed by atoms with Gasteiger partial charge in [-0.25, -0.2) is 9.59 Å². The number of halogens is 2. The maximum Gasteiger partial charge on any atom is 0.338 e. The number of aromatic hydroxyl groups is 1. The Morgan fingerprint density at radius 3 is 1.66 bits per heavy atom. The number of carbonyl (C=O) groups excluding carboxylic acids is 2. The van der Waals surface area contributed by atoms with Crippen LogP contribution in [0, 0.1) is 6.92 Å². The fourth-order valence-corrected chi connectivity index (χ4v) is 2.84. The van der Waals surface area contributed by atoms with E-state index in [1.54, 1.807) is 26.0 Å². The van der Waals surface area contributed by atoms with Gasteiger partial charge in [0, 0.05) is 12.0 Å². The van der Waals surface area contributed by atoms with Gasteiger partial charge >= 0.3 is 11.9 Å². The molecule has 9 heteroatoms. The summed E-state index contributed by atoms with van der Waals surface area (Å²) in [5, 5.41) is 10.2. The zero-order chi connectivity index (χ0) is 24.6. The summed E-state index contributed by atoms with van der Waals surface area (Å²) in [5.74, 6) is -0.347. The van der Waals surface area contributed by atoms with Crippen LogP contribution in [0.5, 0.6) is 17.2 Å². The highest BCUT2D eigenvalue weighted by molar-refractivity contribution is 6.32. The molecule has 0 heterocycles. The molecule has 2 rings (SSSR count). The Morgan fingerprint density at radius 1 is 0.812 bits per heavy atom. The average Bonchev–Trinajstić information content (AvgIpc) is 2.72. The Morgan fingerprint density at radius 2 is 1.22 bits per heavy atom. The lowest BCUT2D eigenvalue weighted by molar-refractivity contribution is 0.0591. The molecule has 0 amide bonds. The molecular weight excluding hydrogens is 459 g/mol. The summed E-state index contributed by atoms with van der Waals surface area (Å²) in [4.78, 5) is 22.7. The van der Waals surface area contributed by atoms with Gasteiger partial charge in [0.05, 0.1) is 42.6 Å². The molecule has 0 aliphatic carbocycles. The molecule has 0 aliphatic heterocycles. The summed E-state index contributed by atoms with van der Waals surface area (Å²) in [5.41, 5.74) is 1.46. The normalized spacial score (nSPS) is 10.3. The number of hydrogen-bond donors (Lipinski definition) is 1. The van der Waals surface area contributed by atoms with Gasteiger partial charge in [-0.15, -0.1) is 0 Å². The molecule has 0 fully saturated rings. The molecule has 0 atom stereocenters. The molecule has 0 radical (unpaired) electrons. The summed E-state index contributed by atoms with van der Waals surface area (Å²) in [6.45, 7) is 9.29. The number of hydrogen-bond acceptors (Lipinski definition) is 7. The maximum atomic E-state index is 11.4. The smallest absolute Gasteiger partial charge is 0.338 e. The molecule has 7 nitrogen and oxygen atoms in total. The molecule has 0 aromatic heterocycles. The highest BCUT2D eigenvalue weighted by Crippen LogP contribution is 2.36. The third kappa shape index (κ3) is 7.80. The van der Waals surface area contributed by atoms with Crippen LogP contribution in [-0.4, -0.2) is 43.5 Å². The predicted molar refractivity (Wildman–Crippen MR) is 126 cm³/mol. The topological polar surface area (TPSA) is 91.3 Å². The van der Waals surface area contributed by atoms with Crippen molar-refractivity contribution in [3.63, 3.8) is 0 Å². The number of phenolic OH excluding ortho intramolecular Hbond substituents is 1. The van der Waals surface area contributed by atoms with Gasteiger partial charge < -0.3 is 24.1 Å². The fraction of sp³-hybridized carbons (Fsp3) is 0.391. The average molecular weight is 489 g/mol. The van der Waals surface area contributed by atoms with Crippen molar-refractivity contribution in [3.05, 3.63) is 51.0 Å². The second-order valence-electron chi connectivity index (χ2n) is 7.20. The molecule has 32 heavy (non-hydrogen) atoms. The first-order valence-electron chi connectivity index (χ1n) is 9.73. The van der Waals surface area contributed by atoms with E-state index in [-0.39, 0.29) is 35.7 Å². The van der Waals surface area contributed by atoms with E-state index >= 15 is 0 Å². The van der Waals surface area contributed by atoms with Crippen LogP contribution < -0.4 is 9.47 Å². The maximum absolute atomic E-state index is 11.4. The second-order valence-corrected chi connectivity index (χ2v) is 8.02. The van der Waals surface area contributed by atoms with Crippen LogP contribution in [0.25, 0.3) is 0 Å². The van der Waals surface area contributed by atoms with E-state index in [0.29, 0.717) is 16.3 Å². The van der Waals surface area contributed by atoms with Crippen molar-refractivity contribution < 1.29 is 35.1 Å². The van der Waals surface area contributed by atoms with Crippen molar-refractivity contribution in [2.24, 2.45) is 0 Å². The Labute approximate surface area is 199 Å². The number of benzene rings is 2. The lowest BCUT2D eigenvalue weighted by Gasteiger charge is -2.14. The van der Waals surface area contributed by atoms with Gasteiger partial charge in [-0.2, -0.15) is 0 Å². The number of carbonyl (C=O) groups is 2. The second kappa shape index (κ2) is 12.4. The van der Waals surface area contributed by atoms with E-state index in [9.17, 15) is 14.7 Å². The van der Waals surface area contributed by atoms with E-state index in [4.69, 9.17) is 32.7 Å². The van der Waals surface area contributed by atoms with Gasteiger partial charge in [0.1, 0.15) is 5.75 Å². The summed E-state index contributed by atoms with van der Waals surface area (Å²) < 4.78 is 20.1. The minimum absolute atomic E-state index is 0. The van der Waals surface area contributed by atoms with Gasteiger partial charge in [0.2, 0.25) is 0 Å². The third-order valence-electron chi connectivity index (χ3n) is 3.89. The molecule has 2 aromatic carbocycles. The highest BCUT2D eigenvalue weighted by atomic mass is 35.5. The first kappa shape index (κ1) is 27.4. The van der Waals surface area contributed by atoms with Crippen LogP contribution in [0.15, 0.2) is 24.3 Å². The standard InChI is InChI=1S/C12H15ClO3.C11H13ClO4.H2/c1-7(2)16-11-6-9(12(14)15-4)5-10(13)8(11)3;1-6(2)16-9-5-7(11(14)15-3)4-8(12)10(9)13;/h5-7H,1-4H3;4-6,13H,1-3H3;1H. The number of phenols is 1. The van der Waals surface area contributed by atoms with Crippen molar-refractivity contribution in [1.82, 2.24) is 0 Å². The van der Waals surface area contributed by atoms with E-state index in [1.165, 1.54) is 26.4 Å². The van der Waals surface area contributed by atoms with Crippen LogP contribution in [0.1, 0.15) is 55.4 Å². The highest BCUT2D eigenvalue weighted by Gasteiger charge is 2.16. The lowest BCUT2D eigenvalue weighted by atomic mass is 10.1. The monoisotopic (exact) mass is 488 g/mol. The van der Waals surface area contributed by atoms with E-state index in [2.05, 4.69) is 9.47 Å². The zero-order valence-corrected chi connectivity index (χ0v) is 20.6. The number of ether oxygens (including phenoxy) is 4. The molecule has 0 saturated carbocycles. The number of rotatable bonds is 6. The van der Waals surface area contributed by atoms with Crippen molar-refractivity contribution in [3.8, 4) is 17.2 Å². The Balaban J connectivity index is 0.000000602. The van der Waals surface area contributed by atoms with Gasteiger partial charge in [-0.05, 0) is 58.9 Å². The Bertz CT molecular complexity index is 885. The van der Waals surface area contributed by atoms with Crippen molar-refractivity contribution in [2.75, 3.05) is 14.2 Å². The predicted octanol–water partition coefficient (Wildman–Crippen LogP) is 6.09. The fourth-order valence-electron chi connectivity index (χ4n) is 2.42. The summed E-state index contributed by atoms with van der Waals surface area (Å²) >= 11 is 11.8. The van der Waals surface area contributed by atoms with Crippen LogP contribution in [0.4, 0.5) is 0 Å². The summed E-state index contributed by atoms with van der Waals surface area (Å²) in [6, 6.07) is 5.95. The van der Waals surface area contributed by atoms with E-state index < -0.39 is 11.9 Å². The molecule has 0 spiro atoms. The zero-order valence-electron chi connectivity index (χ0n) is 19.1. The van der Waals surface area contributed by atoms with Crippen molar-refractivity contribution >= 4 is 35.1 Å². The van der Waals surface area contributed by atoms with E-state index in [0.717, 1.165) is 5.56 Å². The first-order valence-corrected chi connectivity index (χ1v) is 10.5. The van der Waals surface area contributed by atoms with Crippen LogP contribution in [0.3, 0.4) is 0 Å². The minimum Gasteiger partial charge on any atom is -0.503 e. The molecule has 0 saturated heterocycles. The van der Waals surface area contributed by atoms with Crippen molar-refractivity contribution in [2.45, 2.75) is 46.8 Å². The van der Waals surface area contributed by atoms with Gasteiger partial charge in [-0.3, -0.25) is 0 Å². The third-order valence-corrected chi connectivity index (χ3v) is 4.57. The molecule has 0 unspecified atom stereocenters. The van der Waals surface area contributed by atoms with Crippen LogP contribution in [0.2, 0.25) is 10.0 Å². The van der Waals surface area contributed by atoms with Crippen LogP contribution in [-0.2, 0) is 9.47 Å². The van der Waals surface area contributed by atoms with Crippen LogP contribution >= 0.6 is 23.2 Å². The molecule has 0 aliphatic rings. The van der Waals surface area contributed by atoms with Gasteiger partial charge in [-0.1, -0.05) is 23.2 Å². The molecular formula is C23H30Cl2O7. The summed E-state index contributed by atoms with van der Waals surface area (Å²) in [6.07, 6.45) is -0.0995. The molecule has 178 valence electrons. The summed E-state index contributed by atoms with van der Waals surface area (Å²) in [7, 11) is 2.60. The molecule has 2 aromatic rings. The van der Waals surface area contributed by atoms with Gasteiger partial charge in [0.25, 0.3) is 0 Å². The SMILES string of the molecule is COC(=O)c1cc(Cl)c(C)c(OC(C)C)c1.COC(=O)c1cc(Cl)c(O)c(OC(C)C)c1.[HH]. The number of methoxy groups -OCH3 is 2. The van der Waals surface area contributed by atoms with E-state index in [1.807, 2.05) is 20.8 Å². The molecule has 1 N–H and O–H groups in total. The Kier molecular flexibility index (Phi) is 10.6. The number of esters is 2. The largest absolute Gasteiger partial charge is 0.503 e. The van der Waals surface area contributed by atoms with Gasteiger partial charge in [0.15, 0.2) is 11.5 Å². The minimum atomic E-state index is -0.532. The Hall–Kier alpha value is -2.64. The lowest BCUT2D eigenvalue weighted by Crippen LogP contribution is -2.09. The molecule has 0 bridgehead atoms.